The molecule has 0 saturated carbocycles. The van der Waals surface area contributed by atoms with E-state index in [2.05, 4.69) is 11.9 Å². The fourth-order valence-electron chi connectivity index (χ4n) is 0.905. The maximum absolute atomic E-state index is 9.04. The Kier molecular flexibility index (Phi) is 2.76. The van der Waals surface area contributed by atoms with E-state index in [1.54, 1.807) is 17.8 Å². The van der Waals surface area contributed by atoms with Gasteiger partial charge in [0.15, 0.2) is 0 Å². The molecule has 0 saturated heterocycles. The third kappa shape index (κ3) is 1.87. The molecule has 0 fully saturated rings. The standard InChI is InChI=1S/C8H11NOS/c1-3-6-4-5-7(10)9-8(6)11-2/h4-5H,3H2,1-2H3,(H,9,10). The Hall–Kier alpha value is -0.700. The van der Waals surface area contributed by atoms with Gasteiger partial charge >= 0.3 is 0 Å². The molecule has 0 radical (unpaired) electrons. The first kappa shape index (κ1) is 8.40. The summed E-state index contributed by atoms with van der Waals surface area (Å²) >= 11 is 1.56. The second-order valence-electron chi connectivity index (χ2n) is 2.19. The van der Waals surface area contributed by atoms with E-state index in [4.69, 9.17) is 5.11 Å². The largest absolute Gasteiger partial charge is 0.493 e. The average molecular weight is 169 g/mol. The first-order valence-electron chi connectivity index (χ1n) is 3.50. The normalized spacial score (nSPS) is 10.0. The first-order valence-corrected chi connectivity index (χ1v) is 4.73. The van der Waals surface area contributed by atoms with Gasteiger partial charge in [-0.2, -0.15) is 0 Å². The van der Waals surface area contributed by atoms with Gasteiger partial charge in [-0.05, 0) is 18.2 Å². The van der Waals surface area contributed by atoms with Crippen LogP contribution >= 0.6 is 11.8 Å². The molecule has 0 spiro atoms. The van der Waals surface area contributed by atoms with E-state index in [9.17, 15) is 0 Å². The van der Waals surface area contributed by atoms with Gasteiger partial charge in [0.05, 0.1) is 0 Å². The summed E-state index contributed by atoms with van der Waals surface area (Å²) < 4.78 is 0. The van der Waals surface area contributed by atoms with Crippen molar-refractivity contribution in [1.82, 2.24) is 4.98 Å². The molecule has 0 aliphatic heterocycles. The number of rotatable bonds is 2. The smallest absolute Gasteiger partial charge is 0.211 e. The van der Waals surface area contributed by atoms with Gasteiger partial charge in [0.25, 0.3) is 0 Å². The number of aryl methyl sites for hydroxylation is 1. The maximum Gasteiger partial charge on any atom is 0.211 e. The third-order valence-electron chi connectivity index (χ3n) is 1.50. The summed E-state index contributed by atoms with van der Waals surface area (Å²) in [6.45, 7) is 2.08. The predicted octanol–water partition coefficient (Wildman–Crippen LogP) is 2.07. The van der Waals surface area contributed by atoms with Crippen molar-refractivity contribution in [2.75, 3.05) is 6.26 Å². The summed E-state index contributed by atoms with van der Waals surface area (Å²) in [6, 6.07) is 3.53. The van der Waals surface area contributed by atoms with E-state index >= 15 is 0 Å². The quantitative estimate of drug-likeness (QED) is 0.688. The fourth-order valence-corrected chi connectivity index (χ4v) is 1.56. The molecule has 0 amide bonds. The van der Waals surface area contributed by atoms with Crippen molar-refractivity contribution >= 4 is 11.8 Å². The number of hydrogen-bond acceptors (Lipinski definition) is 3. The first-order chi connectivity index (χ1) is 5.27. The zero-order valence-electron chi connectivity index (χ0n) is 6.66. The maximum atomic E-state index is 9.04. The summed E-state index contributed by atoms with van der Waals surface area (Å²) in [5, 5.41) is 9.96. The van der Waals surface area contributed by atoms with E-state index in [1.165, 1.54) is 5.56 Å². The molecule has 3 heteroatoms. The fraction of sp³-hybridized carbons (Fsp3) is 0.375. The molecule has 1 rings (SSSR count). The summed E-state index contributed by atoms with van der Waals surface area (Å²) in [5.41, 5.74) is 1.19. The predicted molar refractivity (Wildman–Crippen MR) is 47.1 cm³/mol. The van der Waals surface area contributed by atoms with Crippen LogP contribution in [-0.2, 0) is 6.42 Å². The summed E-state index contributed by atoms with van der Waals surface area (Å²) in [7, 11) is 0. The Morgan fingerprint density at radius 3 is 2.82 bits per heavy atom. The van der Waals surface area contributed by atoms with Crippen LogP contribution in [0.2, 0.25) is 0 Å². The summed E-state index contributed by atoms with van der Waals surface area (Å²) in [6.07, 6.45) is 2.92. The van der Waals surface area contributed by atoms with Crippen molar-refractivity contribution < 1.29 is 5.11 Å². The molecule has 1 heterocycles. The van der Waals surface area contributed by atoms with Gasteiger partial charge in [-0.3, -0.25) is 0 Å². The van der Waals surface area contributed by atoms with Gasteiger partial charge in [0.1, 0.15) is 5.03 Å². The molecule has 1 aromatic rings. The second-order valence-corrected chi connectivity index (χ2v) is 2.99. The van der Waals surface area contributed by atoms with E-state index in [0.29, 0.717) is 0 Å². The minimum Gasteiger partial charge on any atom is -0.493 e. The van der Waals surface area contributed by atoms with Crippen molar-refractivity contribution in [2.45, 2.75) is 18.4 Å². The van der Waals surface area contributed by atoms with E-state index in [-0.39, 0.29) is 5.88 Å². The number of pyridine rings is 1. The molecule has 0 aliphatic rings. The van der Waals surface area contributed by atoms with Crippen LogP contribution in [0.3, 0.4) is 0 Å². The van der Waals surface area contributed by atoms with E-state index in [1.807, 2.05) is 12.3 Å². The van der Waals surface area contributed by atoms with Gasteiger partial charge in [0.2, 0.25) is 5.88 Å². The average Bonchev–Trinajstić information content (AvgIpc) is 2.04. The lowest BCUT2D eigenvalue weighted by Gasteiger charge is -2.02. The van der Waals surface area contributed by atoms with Crippen LogP contribution in [0.5, 0.6) is 5.88 Å². The lowest BCUT2D eigenvalue weighted by molar-refractivity contribution is 0.448. The Bertz CT molecular complexity index is 250. The monoisotopic (exact) mass is 169 g/mol. The van der Waals surface area contributed by atoms with Crippen LogP contribution in [-0.4, -0.2) is 16.3 Å². The molecule has 60 valence electrons. The molecular formula is C8H11NOS. The molecule has 1 aromatic heterocycles. The van der Waals surface area contributed by atoms with Crippen LogP contribution in [0, 0.1) is 0 Å². The lowest BCUT2D eigenvalue weighted by Crippen LogP contribution is -1.88. The molecule has 0 aromatic carbocycles. The van der Waals surface area contributed by atoms with Crippen LogP contribution < -0.4 is 0 Å². The zero-order valence-corrected chi connectivity index (χ0v) is 7.48. The molecule has 1 N–H and O–H groups in total. The number of hydrogen-bond donors (Lipinski definition) is 1. The number of thioether (sulfide) groups is 1. The summed E-state index contributed by atoms with van der Waals surface area (Å²) in [4.78, 5) is 3.98. The molecule has 0 unspecified atom stereocenters. The molecule has 0 aliphatic carbocycles. The summed E-state index contributed by atoms with van der Waals surface area (Å²) in [5.74, 6) is 0.103. The Balaban J connectivity index is 3.06. The van der Waals surface area contributed by atoms with Crippen molar-refractivity contribution in [1.29, 1.82) is 0 Å². The molecule has 2 nitrogen and oxygen atoms in total. The van der Waals surface area contributed by atoms with Crippen LogP contribution in [0.1, 0.15) is 12.5 Å². The highest BCUT2D eigenvalue weighted by Crippen LogP contribution is 2.20. The Morgan fingerprint density at radius 2 is 2.27 bits per heavy atom. The second kappa shape index (κ2) is 3.62. The minimum absolute atomic E-state index is 0.103. The SMILES string of the molecule is CCc1ccc(O)nc1SC. The van der Waals surface area contributed by atoms with Crippen LogP contribution in [0.25, 0.3) is 0 Å². The zero-order chi connectivity index (χ0) is 8.27. The van der Waals surface area contributed by atoms with Gasteiger partial charge in [-0.25, -0.2) is 4.98 Å². The highest BCUT2D eigenvalue weighted by atomic mass is 32.2. The van der Waals surface area contributed by atoms with Crippen molar-refractivity contribution in [2.24, 2.45) is 0 Å². The van der Waals surface area contributed by atoms with Gasteiger partial charge in [-0.15, -0.1) is 11.8 Å². The van der Waals surface area contributed by atoms with Crippen LogP contribution in [0.4, 0.5) is 0 Å². The molecule has 0 bridgehead atoms. The topological polar surface area (TPSA) is 33.1 Å². The van der Waals surface area contributed by atoms with Crippen molar-refractivity contribution in [3.8, 4) is 5.88 Å². The van der Waals surface area contributed by atoms with Crippen molar-refractivity contribution in [3.05, 3.63) is 17.7 Å². The highest BCUT2D eigenvalue weighted by Gasteiger charge is 2.00. The minimum atomic E-state index is 0.103. The lowest BCUT2D eigenvalue weighted by atomic mass is 10.2. The number of aromatic nitrogens is 1. The molecule has 0 atom stereocenters. The third-order valence-corrected chi connectivity index (χ3v) is 2.24. The van der Waals surface area contributed by atoms with E-state index in [0.717, 1.165) is 11.4 Å². The highest BCUT2D eigenvalue weighted by molar-refractivity contribution is 7.98. The van der Waals surface area contributed by atoms with Crippen LogP contribution in [0.15, 0.2) is 17.2 Å². The van der Waals surface area contributed by atoms with Gasteiger partial charge in [-0.1, -0.05) is 13.0 Å². The molecule has 11 heavy (non-hydrogen) atoms. The van der Waals surface area contributed by atoms with Gasteiger partial charge in [0, 0.05) is 6.07 Å². The van der Waals surface area contributed by atoms with Gasteiger partial charge < -0.3 is 5.11 Å². The number of aromatic hydroxyl groups is 1. The Labute approximate surface area is 70.7 Å². The Morgan fingerprint density at radius 1 is 1.55 bits per heavy atom. The van der Waals surface area contributed by atoms with E-state index < -0.39 is 0 Å². The number of nitrogens with zero attached hydrogens (tertiary/aromatic N) is 1. The molecular weight excluding hydrogens is 158 g/mol. The van der Waals surface area contributed by atoms with Crippen molar-refractivity contribution in [3.63, 3.8) is 0 Å².